The van der Waals surface area contributed by atoms with Crippen molar-refractivity contribution in [1.29, 1.82) is 0 Å². The molecule has 0 spiro atoms. The summed E-state index contributed by atoms with van der Waals surface area (Å²) in [5, 5.41) is 8.94. The van der Waals surface area contributed by atoms with E-state index in [1.807, 2.05) is 38.1 Å². The summed E-state index contributed by atoms with van der Waals surface area (Å²) in [6.45, 7) is 3.87. The Kier molecular flexibility index (Phi) is 5.07. The largest absolute Gasteiger partial charge is 0.491 e. The fourth-order valence-corrected chi connectivity index (χ4v) is 3.14. The monoisotopic (exact) mass is 342 g/mol. The van der Waals surface area contributed by atoms with Crippen molar-refractivity contribution in [2.45, 2.75) is 39.2 Å². The Labute approximate surface area is 147 Å². The van der Waals surface area contributed by atoms with Crippen LogP contribution in [0.25, 0.3) is 11.1 Å². The summed E-state index contributed by atoms with van der Waals surface area (Å²) < 4.78 is 19.8. The number of ether oxygens (including phenoxy) is 1. The van der Waals surface area contributed by atoms with Gasteiger partial charge in [-0.2, -0.15) is 0 Å². The third kappa shape index (κ3) is 4.38. The number of rotatable bonds is 7. The van der Waals surface area contributed by atoms with Crippen molar-refractivity contribution in [1.82, 2.24) is 0 Å². The molecule has 2 atom stereocenters. The number of hydrogen-bond acceptors (Lipinski definition) is 2. The molecule has 1 aliphatic carbocycles. The van der Waals surface area contributed by atoms with Crippen molar-refractivity contribution in [2.75, 3.05) is 0 Å². The molecule has 1 N–H and O–H groups in total. The number of aryl methyl sites for hydroxylation is 1. The van der Waals surface area contributed by atoms with Crippen LogP contribution in [0.1, 0.15) is 32.3 Å². The molecule has 25 heavy (non-hydrogen) atoms. The Morgan fingerprint density at radius 1 is 1.24 bits per heavy atom. The normalized spacial score (nSPS) is 19.0. The van der Waals surface area contributed by atoms with Crippen LogP contribution in [0, 0.1) is 17.7 Å². The third-order valence-electron chi connectivity index (χ3n) is 4.62. The number of hydrogen-bond donors (Lipinski definition) is 1. The van der Waals surface area contributed by atoms with Crippen LogP contribution in [-0.2, 0) is 11.2 Å². The van der Waals surface area contributed by atoms with Gasteiger partial charge < -0.3 is 9.84 Å². The first-order valence-corrected chi connectivity index (χ1v) is 8.72. The number of carboxylic acids is 1. The lowest BCUT2D eigenvalue weighted by molar-refractivity contribution is -0.138. The predicted octanol–water partition coefficient (Wildman–Crippen LogP) is 4.93. The fraction of sp³-hybridized carbons (Fsp3) is 0.381. The smallest absolute Gasteiger partial charge is 0.306 e. The molecule has 132 valence electrons. The summed E-state index contributed by atoms with van der Waals surface area (Å²) >= 11 is 0. The van der Waals surface area contributed by atoms with Crippen LogP contribution in [0.5, 0.6) is 5.75 Å². The van der Waals surface area contributed by atoms with E-state index in [9.17, 15) is 9.18 Å². The molecule has 3 nitrogen and oxygen atoms in total. The lowest BCUT2D eigenvalue weighted by Crippen LogP contribution is -2.05. The van der Waals surface area contributed by atoms with Crippen LogP contribution in [0.4, 0.5) is 4.39 Å². The van der Waals surface area contributed by atoms with Gasteiger partial charge in [-0.05, 0) is 68.4 Å². The van der Waals surface area contributed by atoms with Gasteiger partial charge in [-0.15, -0.1) is 0 Å². The second-order valence-electron chi connectivity index (χ2n) is 6.98. The Morgan fingerprint density at radius 2 is 1.96 bits per heavy atom. The van der Waals surface area contributed by atoms with Gasteiger partial charge in [0, 0.05) is 5.56 Å². The SMILES string of the molecule is CC(C)Oc1ccc(F)c(-c2ccc(CCC3CC3C(=O)O)cc2)c1. The van der Waals surface area contributed by atoms with Gasteiger partial charge in [0.05, 0.1) is 12.0 Å². The lowest BCUT2D eigenvalue weighted by atomic mass is 10.0. The van der Waals surface area contributed by atoms with Crippen LogP contribution in [0.2, 0.25) is 0 Å². The minimum Gasteiger partial charge on any atom is -0.491 e. The highest BCUT2D eigenvalue weighted by molar-refractivity contribution is 5.73. The molecule has 3 rings (SSSR count). The van der Waals surface area contributed by atoms with E-state index in [1.54, 1.807) is 12.1 Å². The van der Waals surface area contributed by atoms with Gasteiger partial charge in [0.25, 0.3) is 0 Å². The molecule has 0 aliphatic heterocycles. The number of halogens is 1. The molecule has 0 radical (unpaired) electrons. The molecule has 2 unspecified atom stereocenters. The molecule has 2 aromatic carbocycles. The van der Waals surface area contributed by atoms with E-state index in [-0.39, 0.29) is 17.8 Å². The Balaban J connectivity index is 1.67. The lowest BCUT2D eigenvalue weighted by Gasteiger charge is -2.12. The summed E-state index contributed by atoms with van der Waals surface area (Å²) in [6, 6.07) is 12.6. The third-order valence-corrected chi connectivity index (χ3v) is 4.62. The van der Waals surface area contributed by atoms with E-state index in [0.29, 0.717) is 17.2 Å². The molecule has 4 heteroatoms. The van der Waals surface area contributed by atoms with Crippen molar-refractivity contribution < 1.29 is 19.0 Å². The summed E-state index contributed by atoms with van der Waals surface area (Å²) in [4.78, 5) is 10.9. The molecule has 1 aliphatic rings. The highest BCUT2D eigenvalue weighted by Crippen LogP contribution is 2.42. The second-order valence-corrected chi connectivity index (χ2v) is 6.98. The maximum absolute atomic E-state index is 14.2. The standard InChI is InChI=1S/C21H23FO3/c1-13(2)25-17-9-10-20(22)18(12-17)15-6-3-14(4-7-15)5-8-16-11-19(16)21(23)24/h3-4,6-7,9-10,12-13,16,19H,5,8,11H2,1-2H3,(H,23,24). The number of carbonyl (C=O) groups is 1. The van der Waals surface area contributed by atoms with E-state index in [2.05, 4.69) is 0 Å². The van der Waals surface area contributed by atoms with E-state index < -0.39 is 5.97 Å². The van der Waals surface area contributed by atoms with Gasteiger partial charge in [-0.25, -0.2) is 4.39 Å². The molecule has 0 heterocycles. The average molecular weight is 342 g/mol. The Morgan fingerprint density at radius 3 is 2.56 bits per heavy atom. The first kappa shape index (κ1) is 17.5. The van der Waals surface area contributed by atoms with Crippen LogP contribution in [0.15, 0.2) is 42.5 Å². The first-order valence-electron chi connectivity index (χ1n) is 8.72. The zero-order chi connectivity index (χ0) is 18.0. The zero-order valence-electron chi connectivity index (χ0n) is 14.5. The van der Waals surface area contributed by atoms with Gasteiger partial charge in [0.2, 0.25) is 0 Å². The average Bonchev–Trinajstić information content (AvgIpc) is 3.35. The molecule has 2 aromatic rings. The van der Waals surface area contributed by atoms with Crippen molar-refractivity contribution in [3.8, 4) is 16.9 Å². The van der Waals surface area contributed by atoms with Gasteiger partial charge in [0.1, 0.15) is 11.6 Å². The second kappa shape index (κ2) is 7.26. The molecule has 0 bridgehead atoms. The number of carboxylic acid groups (broad SMARTS) is 1. The minimum atomic E-state index is -0.681. The van der Waals surface area contributed by atoms with Gasteiger partial charge in [0.15, 0.2) is 0 Å². The maximum atomic E-state index is 14.2. The minimum absolute atomic E-state index is 0.0396. The molecular weight excluding hydrogens is 319 g/mol. The van der Waals surface area contributed by atoms with Gasteiger partial charge in [-0.3, -0.25) is 4.79 Å². The van der Waals surface area contributed by atoms with Gasteiger partial charge in [-0.1, -0.05) is 24.3 Å². The molecule has 1 saturated carbocycles. The molecule has 0 aromatic heterocycles. The Hall–Kier alpha value is -2.36. The van der Waals surface area contributed by atoms with E-state index in [4.69, 9.17) is 9.84 Å². The van der Waals surface area contributed by atoms with Crippen molar-refractivity contribution >= 4 is 5.97 Å². The summed E-state index contributed by atoms with van der Waals surface area (Å²) in [6.07, 6.45) is 2.58. The topological polar surface area (TPSA) is 46.5 Å². The van der Waals surface area contributed by atoms with E-state index in [0.717, 1.165) is 30.4 Å². The highest BCUT2D eigenvalue weighted by Gasteiger charge is 2.42. The van der Waals surface area contributed by atoms with Crippen LogP contribution >= 0.6 is 0 Å². The van der Waals surface area contributed by atoms with Crippen LogP contribution < -0.4 is 4.74 Å². The predicted molar refractivity (Wildman–Crippen MR) is 95.2 cm³/mol. The van der Waals surface area contributed by atoms with E-state index in [1.165, 1.54) is 6.07 Å². The van der Waals surface area contributed by atoms with E-state index >= 15 is 0 Å². The zero-order valence-corrected chi connectivity index (χ0v) is 14.5. The van der Waals surface area contributed by atoms with Crippen molar-refractivity contribution in [3.05, 3.63) is 53.8 Å². The molecule has 0 saturated heterocycles. The number of benzene rings is 2. The summed E-state index contributed by atoms with van der Waals surface area (Å²) in [5.74, 6) is -0.147. The molecule has 0 amide bonds. The van der Waals surface area contributed by atoms with Crippen molar-refractivity contribution in [2.24, 2.45) is 11.8 Å². The Bertz CT molecular complexity index is 752. The highest BCUT2D eigenvalue weighted by atomic mass is 19.1. The molecular formula is C21H23FO3. The number of aliphatic carboxylic acids is 1. The molecule has 1 fully saturated rings. The summed E-state index contributed by atoms with van der Waals surface area (Å²) in [7, 11) is 0. The summed E-state index contributed by atoms with van der Waals surface area (Å²) in [5.41, 5.74) is 2.48. The van der Waals surface area contributed by atoms with Crippen molar-refractivity contribution in [3.63, 3.8) is 0 Å². The fourth-order valence-electron chi connectivity index (χ4n) is 3.14. The quantitative estimate of drug-likeness (QED) is 0.776. The van der Waals surface area contributed by atoms with Gasteiger partial charge >= 0.3 is 5.97 Å². The van der Waals surface area contributed by atoms with Crippen LogP contribution in [-0.4, -0.2) is 17.2 Å². The maximum Gasteiger partial charge on any atom is 0.306 e. The van der Waals surface area contributed by atoms with Crippen LogP contribution in [0.3, 0.4) is 0 Å². The first-order chi connectivity index (χ1) is 11.9.